The standard InChI is InChI=1S/C14H17N3OS2.C2H6/c1-16(8-9-18)11-6-4-5-7-12(11)17(2)14-15-13(19-3)10-20-14;1-2/h4-7,9-10H,8H2,1-3H3;1-2H3. The third kappa shape index (κ3) is 4.48. The molecule has 0 unspecified atom stereocenters. The van der Waals surface area contributed by atoms with Crippen molar-refractivity contribution >= 4 is 45.9 Å². The van der Waals surface area contributed by atoms with Gasteiger partial charge < -0.3 is 14.6 Å². The zero-order valence-electron chi connectivity index (χ0n) is 13.7. The molecule has 120 valence electrons. The van der Waals surface area contributed by atoms with E-state index in [0.717, 1.165) is 27.8 Å². The molecular formula is C16H23N3OS2. The third-order valence-electron chi connectivity index (χ3n) is 2.97. The first-order chi connectivity index (χ1) is 10.7. The van der Waals surface area contributed by atoms with Gasteiger partial charge in [0.15, 0.2) is 5.13 Å². The Labute approximate surface area is 141 Å². The number of aldehydes is 1. The smallest absolute Gasteiger partial charge is 0.190 e. The summed E-state index contributed by atoms with van der Waals surface area (Å²) in [5.74, 6) is 0. The van der Waals surface area contributed by atoms with Crippen molar-refractivity contribution in [1.29, 1.82) is 0 Å². The van der Waals surface area contributed by atoms with Crippen LogP contribution in [0.1, 0.15) is 13.8 Å². The summed E-state index contributed by atoms with van der Waals surface area (Å²) in [5.41, 5.74) is 2.06. The fraction of sp³-hybridized carbons (Fsp3) is 0.375. The minimum absolute atomic E-state index is 0.374. The zero-order chi connectivity index (χ0) is 16.5. The summed E-state index contributed by atoms with van der Waals surface area (Å²) < 4.78 is 0. The van der Waals surface area contributed by atoms with Gasteiger partial charge in [-0.25, -0.2) is 4.98 Å². The number of thioether (sulfide) groups is 1. The van der Waals surface area contributed by atoms with E-state index >= 15 is 0 Å². The predicted octanol–water partition coefficient (Wildman–Crippen LogP) is 4.29. The van der Waals surface area contributed by atoms with E-state index in [-0.39, 0.29) is 0 Å². The Morgan fingerprint density at radius 2 is 1.86 bits per heavy atom. The molecule has 4 nitrogen and oxygen atoms in total. The quantitative estimate of drug-likeness (QED) is 0.580. The van der Waals surface area contributed by atoms with Crippen LogP contribution in [0.15, 0.2) is 34.7 Å². The number of anilines is 3. The molecule has 0 atom stereocenters. The van der Waals surface area contributed by atoms with Gasteiger partial charge in [0.25, 0.3) is 0 Å². The summed E-state index contributed by atoms with van der Waals surface area (Å²) in [7, 11) is 3.91. The molecule has 0 saturated heterocycles. The van der Waals surface area contributed by atoms with Crippen LogP contribution in [-0.4, -0.2) is 38.2 Å². The van der Waals surface area contributed by atoms with Crippen LogP contribution < -0.4 is 9.80 Å². The van der Waals surface area contributed by atoms with Gasteiger partial charge in [-0.3, -0.25) is 0 Å². The molecule has 0 saturated carbocycles. The Balaban J connectivity index is 0.00000116. The molecular weight excluding hydrogens is 314 g/mol. The highest BCUT2D eigenvalue weighted by atomic mass is 32.2. The van der Waals surface area contributed by atoms with E-state index in [2.05, 4.69) is 9.88 Å². The lowest BCUT2D eigenvalue weighted by Crippen LogP contribution is -2.22. The zero-order valence-corrected chi connectivity index (χ0v) is 15.4. The molecule has 0 amide bonds. The predicted molar refractivity (Wildman–Crippen MR) is 99.1 cm³/mol. The molecule has 22 heavy (non-hydrogen) atoms. The SMILES string of the molecule is CC.CSc1csc(N(C)c2ccccc2N(C)CC=O)n1. The first-order valence-corrected chi connectivity index (χ1v) is 9.25. The van der Waals surface area contributed by atoms with Crippen LogP contribution >= 0.6 is 23.1 Å². The van der Waals surface area contributed by atoms with E-state index in [1.807, 2.05) is 68.7 Å². The van der Waals surface area contributed by atoms with Crippen LogP contribution in [0.3, 0.4) is 0 Å². The average molecular weight is 338 g/mol. The first-order valence-electron chi connectivity index (χ1n) is 7.14. The van der Waals surface area contributed by atoms with E-state index in [4.69, 9.17) is 0 Å². The Hall–Kier alpha value is -1.53. The first kappa shape index (κ1) is 18.5. The summed E-state index contributed by atoms with van der Waals surface area (Å²) in [6.07, 6.45) is 2.93. The topological polar surface area (TPSA) is 36.4 Å². The molecule has 0 aliphatic rings. The van der Waals surface area contributed by atoms with Crippen LogP contribution in [0.2, 0.25) is 0 Å². The lowest BCUT2D eigenvalue weighted by Gasteiger charge is -2.25. The Bertz CT molecular complexity index is 586. The number of benzene rings is 1. The minimum atomic E-state index is 0.374. The molecule has 0 spiro atoms. The van der Waals surface area contributed by atoms with Gasteiger partial charge in [0.05, 0.1) is 17.9 Å². The van der Waals surface area contributed by atoms with Crippen LogP contribution in [0.25, 0.3) is 0 Å². The number of carbonyl (C=O) groups is 1. The molecule has 1 aromatic carbocycles. The van der Waals surface area contributed by atoms with Crippen molar-refractivity contribution in [2.24, 2.45) is 0 Å². The maximum Gasteiger partial charge on any atom is 0.190 e. The van der Waals surface area contributed by atoms with E-state index in [1.54, 1.807) is 23.1 Å². The third-order valence-corrected chi connectivity index (χ3v) is 4.66. The second-order valence-electron chi connectivity index (χ2n) is 4.27. The summed E-state index contributed by atoms with van der Waals surface area (Å²) in [6, 6.07) is 8.02. The summed E-state index contributed by atoms with van der Waals surface area (Å²) in [4.78, 5) is 19.3. The number of thiazole rings is 1. The summed E-state index contributed by atoms with van der Waals surface area (Å²) >= 11 is 3.25. The van der Waals surface area contributed by atoms with Gasteiger partial charge in [-0.05, 0) is 18.4 Å². The van der Waals surface area contributed by atoms with E-state index < -0.39 is 0 Å². The number of nitrogens with zero attached hydrogens (tertiary/aromatic N) is 3. The van der Waals surface area contributed by atoms with Gasteiger partial charge in [0.1, 0.15) is 11.3 Å². The number of likely N-dealkylation sites (N-methyl/N-ethyl adjacent to an activating group) is 1. The number of carbonyl (C=O) groups excluding carboxylic acids is 1. The van der Waals surface area contributed by atoms with Crippen molar-refractivity contribution in [2.45, 2.75) is 18.9 Å². The fourth-order valence-electron chi connectivity index (χ4n) is 1.88. The van der Waals surface area contributed by atoms with Crippen molar-refractivity contribution in [3.63, 3.8) is 0 Å². The second-order valence-corrected chi connectivity index (χ2v) is 5.93. The molecule has 0 N–H and O–H groups in total. The average Bonchev–Trinajstić information content (AvgIpc) is 3.05. The lowest BCUT2D eigenvalue weighted by atomic mass is 10.2. The van der Waals surface area contributed by atoms with Crippen molar-refractivity contribution in [1.82, 2.24) is 4.98 Å². The lowest BCUT2D eigenvalue weighted by molar-refractivity contribution is -0.106. The Morgan fingerprint density at radius 3 is 2.41 bits per heavy atom. The van der Waals surface area contributed by atoms with Crippen LogP contribution in [-0.2, 0) is 4.79 Å². The van der Waals surface area contributed by atoms with Gasteiger partial charge in [0.2, 0.25) is 0 Å². The molecule has 2 aromatic rings. The van der Waals surface area contributed by atoms with E-state index in [0.29, 0.717) is 6.54 Å². The largest absolute Gasteiger partial charge is 0.366 e. The van der Waals surface area contributed by atoms with Gasteiger partial charge >= 0.3 is 0 Å². The van der Waals surface area contributed by atoms with Crippen molar-refractivity contribution in [2.75, 3.05) is 36.7 Å². The number of aromatic nitrogens is 1. The summed E-state index contributed by atoms with van der Waals surface area (Å²) in [6.45, 7) is 4.37. The van der Waals surface area contributed by atoms with Gasteiger partial charge in [-0.2, -0.15) is 0 Å². The molecule has 2 rings (SSSR count). The normalized spacial score (nSPS) is 9.68. The van der Waals surface area contributed by atoms with E-state index in [9.17, 15) is 4.79 Å². The number of hydrogen-bond donors (Lipinski definition) is 0. The van der Waals surface area contributed by atoms with Gasteiger partial charge in [-0.15, -0.1) is 23.1 Å². The highest BCUT2D eigenvalue weighted by Gasteiger charge is 2.14. The highest BCUT2D eigenvalue weighted by molar-refractivity contribution is 7.98. The van der Waals surface area contributed by atoms with Crippen molar-refractivity contribution in [3.05, 3.63) is 29.6 Å². The minimum Gasteiger partial charge on any atom is -0.366 e. The monoisotopic (exact) mass is 337 g/mol. The maximum absolute atomic E-state index is 10.7. The fourth-order valence-corrected chi connectivity index (χ4v) is 3.31. The van der Waals surface area contributed by atoms with Gasteiger partial charge in [0, 0.05) is 19.5 Å². The molecule has 0 radical (unpaired) electrons. The number of hydrogen-bond acceptors (Lipinski definition) is 6. The second kappa shape index (κ2) is 9.48. The molecule has 1 heterocycles. The summed E-state index contributed by atoms with van der Waals surface area (Å²) in [5, 5.41) is 4.02. The number of rotatable bonds is 6. The Kier molecular flexibility index (Phi) is 7.98. The molecule has 0 aliphatic carbocycles. The number of para-hydroxylation sites is 2. The van der Waals surface area contributed by atoms with Gasteiger partial charge in [-0.1, -0.05) is 26.0 Å². The van der Waals surface area contributed by atoms with Crippen LogP contribution in [0.4, 0.5) is 16.5 Å². The van der Waals surface area contributed by atoms with Crippen molar-refractivity contribution in [3.8, 4) is 0 Å². The van der Waals surface area contributed by atoms with Crippen molar-refractivity contribution < 1.29 is 4.79 Å². The Morgan fingerprint density at radius 1 is 1.23 bits per heavy atom. The molecule has 0 fully saturated rings. The molecule has 1 aromatic heterocycles. The van der Waals surface area contributed by atoms with Crippen LogP contribution in [0.5, 0.6) is 0 Å². The van der Waals surface area contributed by atoms with E-state index in [1.165, 1.54) is 0 Å². The molecule has 6 heteroatoms. The molecule has 0 aliphatic heterocycles. The maximum atomic E-state index is 10.7. The molecule has 0 bridgehead atoms. The van der Waals surface area contributed by atoms with Crippen LogP contribution in [0, 0.1) is 0 Å². The highest BCUT2D eigenvalue weighted by Crippen LogP contribution is 2.35.